The molecule has 7 nitrogen and oxygen atoms in total. The fourth-order valence-corrected chi connectivity index (χ4v) is 3.30. The number of carbonyl (C=O) groups excluding carboxylic acids is 1. The lowest BCUT2D eigenvalue weighted by molar-refractivity contribution is 0.142. The predicted octanol–water partition coefficient (Wildman–Crippen LogP) is 4.84. The van der Waals surface area contributed by atoms with E-state index in [4.69, 9.17) is 14.6 Å². The molecule has 0 saturated carbocycles. The molecule has 0 aliphatic heterocycles. The Kier molecular flexibility index (Phi) is 7.53. The van der Waals surface area contributed by atoms with Gasteiger partial charge in [0.25, 0.3) is 0 Å². The van der Waals surface area contributed by atoms with E-state index in [1.165, 1.54) is 0 Å². The van der Waals surface area contributed by atoms with Crippen LogP contribution in [-0.2, 0) is 18.3 Å². The summed E-state index contributed by atoms with van der Waals surface area (Å²) in [5, 5.41) is 7.79. The lowest BCUT2D eigenvalue weighted by atomic mass is 10.1. The van der Waals surface area contributed by atoms with E-state index in [0.717, 1.165) is 16.8 Å². The molecule has 3 rings (SSSR count). The lowest BCUT2D eigenvalue weighted by Gasteiger charge is -2.28. The van der Waals surface area contributed by atoms with Crippen LogP contribution in [0.5, 0.6) is 11.6 Å². The van der Waals surface area contributed by atoms with Gasteiger partial charge in [-0.3, -0.25) is 0 Å². The van der Waals surface area contributed by atoms with Gasteiger partial charge in [0.2, 0.25) is 5.88 Å². The quantitative estimate of drug-likeness (QED) is 0.549. The summed E-state index contributed by atoms with van der Waals surface area (Å²) >= 11 is 0. The Morgan fingerprint density at radius 1 is 1.06 bits per heavy atom. The number of para-hydroxylation sites is 1. The number of amides is 2. The van der Waals surface area contributed by atoms with Gasteiger partial charge in [0.1, 0.15) is 11.4 Å². The van der Waals surface area contributed by atoms with E-state index in [1.807, 2.05) is 88.5 Å². The molecule has 32 heavy (non-hydrogen) atoms. The second-order valence-electron chi connectivity index (χ2n) is 8.63. The van der Waals surface area contributed by atoms with Gasteiger partial charge in [0.15, 0.2) is 0 Å². The summed E-state index contributed by atoms with van der Waals surface area (Å²) in [5.41, 5.74) is 2.22. The van der Waals surface area contributed by atoms with Crippen LogP contribution in [0.2, 0.25) is 0 Å². The lowest BCUT2D eigenvalue weighted by Crippen LogP contribution is -2.49. The molecule has 3 aromatic rings. The highest BCUT2D eigenvalue weighted by molar-refractivity contribution is 5.76. The van der Waals surface area contributed by atoms with E-state index in [1.54, 1.807) is 16.7 Å². The van der Waals surface area contributed by atoms with E-state index in [0.29, 0.717) is 31.3 Å². The maximum atomic E-state index is 13.1. The van der Waals surface area contributed by atoms with Crippen LogP contribution >= 0.6 is 0 Å². The first-order valence-electron chi connectivity index (χ1n) is 10.7. The van der Waals surface area contributed by atoms with E-state index < -0.39 is 0 Å². The molecule has 1 aromatic heterocycles. The maximum Gasteiger partial charge on any atom is 0.318 e. The second-order valence-corrected chi connectivity index (χ2v) is 8.63. The van der Waals surface area contributed by atoms with Crippen molar-refractivity contribution in [3.05, 3.63) is 66.2 Å². The highest BCUT2D eigenvalue weighted by Gasteiger charge is 2.26. The number of urea groups is 1. The molecule has 0 unspecified atom stereocenters. The molecule has 0 bridgehead atoms. The van der Waals surface area contributed by atoms with Gasteiger partial charge in [-0.2, -0.15) is 5.10 Å². The Morgan fingerprint density at radius 2 is 1.69 bits per heavy atom. The van der Waals surface area contributed by atoms with E-state index in [-0.39, 0.29) is 11.6 Å². The third-order valence-electron chi connectivity index (χ3n) is 4.78. The first-order chi connectivity index (χ1) is 15.3. The van der Waals surface area contributed by atoms with E-state index >= 15 is 0 Å². The van der Waals surface area contributed by atoms with E-state index in [2.05, 4.69) is 5.32 Å². The molecule has 0 fully saturated rings. The van der Waals surface area contributed by atoms with Crippen molar-refractivity contribution in [2.75, 3.05) is 20.3 Å². The topological polar surface area (TPSA) is 68.6 Å². The number of hydrogen-bond donors (Lipinski definition) is 1. The summed E-state index contributed by atoms with van der Waals surface area (Å²) < 4.78 is 13.2. The molecular formula is C25H32N4O3. The first kappa shape index (κ1) is 23.3. The SMILES string of the molecule is COCCN(Cc1c(-c2ccccc2)nn(C)c1Oc1ccccc1)C(=O)NC(C)(C)C. The monoisotopic (exact) mass is 436 g/mol. The average Bonchev–Trinajstić information content (AvgIpc) is 3.06. The van der Waals surface area contributed by atoms with Crippen molar-refractivity contribution in [2.45, 2.75) is 32.9 Å². The summed E-state index contributed by atoms with van der Waals surface area (Å²) in [5.74, 6) is 1.31. The van der Waals surface area contributed by atoms with Crippen LogP contribution in [0, 0.1) is 0 Å². The van der Waals surface area contributed by atoms with E-state index in [9.17, 15) is 4.79 Å². The van der Waals surface area contributed by atoms with Crippen molar-refractivity contribution in [3.63, 3.8) is 0 Å². The van der Waals surface area contributed by atoms with Crippen molar-refractivity contribution in [1.82, 2.24) is 20.0 Å². The van der Waals surface area contributed by atoms with Crippen LogP contribution in [0.1, 0.15) is 26.3 Å². The number of rotatable bonds is 8. The van der Waals surface area contributed by atoms with Gasteiger partial charge in [0.05, 0.1) is 18.7 Å². The van der Waals surface area contributed by atoms with Gasteiger partial charge in [-0.15, -0.1) is 0 Å². The normalized spacial score (nSPS) is 11.3. The number of aryl methyl sites for hydroxylation is 1. The van der Waals surface area contributed by atoms with Crippen LogP contribution in [0.25, 0.3) is 11.3 Å². The van der Waals surface area contributed by atoms with Crippen molar-refractivity contribution in [3.8, 4) is 22.9 Å². The number of hydrogen-bond acceptors (Lipinski definition) is 4. The first-order valence-corrected chi connectivity index (χ1v) is 10.7. The zero-order valence-electron chi connectivity index (χ0n) is 19.5. The van der Waals surface area contributed by atoms with Gasteiger partial charge >= 0.3 is 6.03 Å². The largest absolute Gasteiger partial charge is 0.439 e. The molecule has 7 heteroatoms. The molecule has 0 atom stereocenters. The van der Waals surface area contributed by atoms with Crippen molar-refractivity contribution in [1.29, 1.82) is 0 Å². The summed E-state index contributed by atoms with van der Waals surface area (Å²) in [7, 11) is 3.48. The van der Waals surface area contributed by atoms with Gasteiger partial charge in [-0.25, -0.2) is 9.48 Å². The van der Waals surface area contributed by atoms with Crippen molar-refractivity contribution in [2.24, 2.45) is 7.05 Å². The third kappa shape index (κ3) is 6.11. The average molecular weight is 437 g/mol. The van der Waals surface area contributed by atoms with Crippen LogP contribution in [0.4, 0.5) is 4.79 Å². The van der Waals surface area contributed by atoms with Gasteiger partial charge in [-0.1, -0.05) is 48.5 Å². The van der Waals surface area contributed by atoms with Crippen LogP contribution in [-0.4, -0.2) is 46.5 Å². The smallest absolute Gasteiger partial charge is 0.318 e. The number of methoxy groups -OCH3 is 1. The molecule has 0 spiro atoms. The Hall–Kier alpha value is -3.32. The molecule has 0 radical (unpaired) electrons. The minimum atomic E-state index is -0.358. The minimum absolute atomic E-state index is 0.164. The Morgan fingerprint density at radius 3 is 2.28 bits per heavy atom. The Labute approximate surface area is 190 Å². The molecular weight excluding hydrogens is 404 g/mol. The molecule has 2 aromatic carbocycles. The van der Waals surface area contributed by atoms with Gasteiger partial charge in [0, 0.05) is 31.8 Å². The number of benzene rings is 2. The van der Waals surface area contributed by atoms with Gasteiger partial charge < -0.3 is 19.7 Å². The number of aromatic nitrogens is 2. The standard InChI is InChI=1S/C25H32N4O3/c1-25(2,3)26-24(30)29(16-17-31-5)18-21-22(19-12-8-6-9-13-19)27-28(4)23(21)32-20-14-10-7-11-15-20/h6-15H,16-18H2,1-5H3,(H,26,30). The molecule has 0 aliphatic carbocycles. The molecule has 1 heterocycles. The zero-order valence-corrected chi connectivity index (χ0v) is 19.5. The zero-order chi connectivity index (χ0) is 23.1. The third-order valence-corrected chi connectivity index (χ3v) is 4.78. The van der Waals surface area contributed by atoms with Crippen LogP contribution < -0.4 is 10.1 Å². The fraction of sp³-hybridized carbons (Fsp3) is 0.360. The van der Waals surface area contributed by atoms with Crippen LogP contribution in [0.3, 0.4) is 0 Å². The number of ether oxygens (including phenoxy) is 2. The number of carbonyl (C=O) groups is 1. The summed E-state index contributed by atoms with van der Waals surface area (Å²) in [4.78, 5) is 14.8. The summed E-state index contributed by atoms with van der Waals surface area (Å²) in [6, 6.07) is 19.3. The minimum Gasteiger partial charge on any atom is -0.439 e. The molecule has 0 aliphatic rings. The predicted molar refractivity (Wildman–Crippen MR) is 126 cm³/mol. The highest BCUT2D eigenvalue weighted by Crippen LogP contribution is 2.34. The number of nitrogens with one attached hydrogen (secondary N) is 1. The van der Waals surface area contributed by atoms with Crippen LogP contribution in [0.15, 0.2) is 60.7 Å². The van der Waals surface area contributed by atoms with Crippen molar-refractivity contribution >= 4 is 6.03 Å². The van der Waals surface area contributed by atoms with Gasteiger partial charge in [-0.05, 0) is 32.9 Å². The highest BCUT2D eigenvalue weighted by atomic mass is 16.5. The number of nitrogens with zero attached hydrogens (tertiary/aromatic N) is 3. The second kappa shape index (κ2) is 10.3. The molecule has 1 N–H and O–H groups in total. The van der Waals surface area contributed by atoms with Crippen molar-refractivity contribution < 1.29 is 14.3 Å². The maximum absolute atomic E-state index is 13.1. The summed E-state index contributed by atoms with van der Waals surface area (Å²) in [6.45, 7) is 7.07. The molecule has 2 amide bonds. The summed E-state index contributed by atoms with van der Waals surface area (Å²) in [6.07, 6.45) is 0. The fourth-order valence-electron chi connectivity index (χ4n) is 3.30. The Bertz CT molecular complexity index is 1010. The molecule has 170 valence electrons. The Balaban J connectivity index is 2.02. The molecule has 0 saturated heterocycles.